The molecule has 3 aliphatic carbocycles. The van der Waals surface area contributed by atoms with Crippen molar-refractivity contribution < 1.29 is 4.79 Å². The van der Waals surface area contributed by atoms with Gasteiger partial charge in [0.15, 0.2) is 0 Å². The fourth-order valence-corrected chi connectivity index (χ4v) is 7.43. The second kappa shape index (κ2) is 5.86. The SMILES string of the molecule is CCCCC1(C)C=C2NC(=O)CC[C@]2(C)[C@@H]2CC[C@]3(C)CCC[C@H]3[C@@H]21. The van der Waals surface area contributed by atoms with Crippen LogP contribution in [0.2, 0.25) is 0 Å². The van der Waals surface area contributed by atoms with Crippen molar-refractivity contribution in [2.45, 2.75) is 91.9 Å². The largest absolute Gasteiger partial charge is 0.330 e. The third-order valence-corrected chi connectivity index (χ3v) is 8.94. The zero-order chi connectivity index (χ0) is 17.9. The van der Waals surface area contributed by atoms with Crippen LogP contribution in [-0.4, -0.2) is 5.91 Å². The molecule has 2 nitrogen and oxygen atoms in total. The van der Waals surface area contributed by atoms with Gasteiger partial charge in [0.05, 0.1) is 0 Å². The zero-order valence-corrected chi connectivity index (χ0v) is 16.8. The normalized spacial score (nSPS) is 48.9. The quantitative estimate of drug-likeness (QED) is 0.686. The summed E-state index contributed by atoms with van der Waals surface area (Å²) in [6, 6.07) is 0. The minimum atomic E-state index is 0.203. The molecular weight excluding hydrogens is 306 g/mol. The Morgan fingerprint density at radius 3 is 2.68 bits per heavy atom. The first-order valence-corrected chi connectivity index (χ1v) is 10.9. The molecule has 25 heavy (non-hydrogen) atoms. The van der Waals surface area contributed by atoms with Gasteiger partial charge in [-0.1, -0.05) is 53.0 Å². The number of carbonyl (C=O) groups is 1. The van der Waals surface area contributed by atoms with E-state index in [1.807, 2.05) is 0 Å². The van der Waals surface area contributed by atoms with Gasteiger partial charge in [-0.3, -0.25) is 4.79 Å². The summed E-state index contributed by atoms with van der Waals surface area (Å²) in [5.41, 5.74) is 2.32. The number of fused-ring (bicyclic) bond motifs is 5. The lowest BCUT2D eigenvalue weighted by Crippen LogP contribution is -2.57. The van der Waals surface area contributed by atoms with E-state index in [9.17, 15) is 4.79 Å². The van der Waals surface area contributed by atoms with Crippen LogP contribution in [0, 0.1) is 34.0 Å². The predicted octanol–water partition coefficient (Wildman–Crippen LogP) is 5.83. The first-order chi connectivity index (χ1) is 11.8. The highest BCUT2D eigenvalue weighted by Crippen LogP contribution is 2.68. The third-order valence-electron chi connectivity index (χ3n) is 8.94. The molecule has 1 amide bonds. The van der Waals surface area contributed by atoms with E-state index in [2.05, 4.69) is 39.1 Å². The molecule has 1 unspecified atom stereocenters. The number of allylic oxidation sites excluding steroid dienone is 2. The van der Waals surface area contributed by atoms with Gasteiger partial charge in [0.2, 0.25) is 5.91 Å². The molecule has 0 radical (unpaired) electrons. The molecule has 0 bridgehead atoms. The number of rotatable bonds is 3. The van der Waals surface area contributed by atoms with Crippen LogP contribution in [0.5, 0.6) is 0 Å². The summed E-state index contributed by atoms with van der Waals surface area (Å²) < 4.78 is 0. The minimum absolute atomic E-state index is 0.203. The van der Waals surface area contributed by atoms with E-state index >= 15 is 0 Å². The summed E-state index contributed by atoms with van der Waals surface area (Å²) in [7, 11) is 0. The summed E-state index contributed by atoms with van der Waals surface area (Å²) in [4.78, 5) is 12.1. The molecule has 1 saturated heterocycles. The topological polar surface area (TPSA) is 29.1 Å². The van der Waals surface area contributed by atoms with Crippen molar-refractivity contribution in [2.24, 2.45) is 34.0 Å². The number of piperidine rings is 1. The van der Waals surface area contributed by atoms with Crippen LogP contribution in [-0.2, 0) is 4.79 Å². The highest BCUT2D eigenvalue weighted by Gasteiger charge is 2.61. The van der Waals surface area contributed by atoms with Crippen LogP contribution < -0.4 is 5.32 Å². The molecular formula is C23H37NO. The fraction of sp³-hybridized carbons (Fsp3) is 0.870. The number of hydrogen-bond donors (Lipinski definition) is 1. The Bertz CT molecular complexity index is 595. The first kappa shape index (κ1) is 17.6. The fourth-order valence-electron chi connectivity index (χ4n) is 7.43. The number of carbonyl (C=O) groups excluding carboxylic acids is 1. The highest BCUT2D eigenvalue weighted by molar-refractivity contribution is 5.79. The maximum absolute atomic E-state index is 12.1. The van der Waals surface area contributed by atoms with Crippen molar-refractivity contribution >= 4 is 5.91 Å². The van der Waals surface area contributed by atoms with Gasteiger partial charge in [-0.15, -0.1) is 0 Å². The van der Waals surface area contributed by atoms with Gasteiger partial charge in [0.1, 0.15) is 0 Å². The first-order valence-electron chi connectivity index (χ1n) is 10.9. The van der Waals surface area contributed by atoms with E-state index in [-0.39, 0.29) is 16.7 Å². The summed E-state index contributed by atoms with van der Waals surface area (Å²) in [5.74, 6) is 2.69. The summed E-state index contributed by atoms with van der Waals surface area (Å²) in [6.07, 6.45) is 15.2. The van der Waals surface area contributed by atoms with Crippen molar-refractivity contribution in [3.8, 4) is 0 Å². The molecule has 4 rings (SSSR count). The van der Waals surface area contributed by atoms with Crippen molar-refractivity contribution in [2.75, 3.05) is 0 Å². The molecule has 6 atom stereocenters. The van der Waals surface area contributed by atoms with Gasteiger partial charge in [-0.2, -0.15) is 0 Å². The second-order valence-electron chi connectivity index (χ2n) is 10.5. The zero-order valence-electron chi connectivity index (χ0n) is 16.8. The number of unbranched alkanes of at least 4 members (excludes halogenated alkanes) is 1. The van der Waals surface area contributed by atoms with Gasteiger partial charge in [-0.25, -0.2) is 0 Å². The van der Waals surface area contributed by atoms with Gasteiger partial charge < -0.3 is 5.32 Å². The predicted molar refractivity (Wildman–Crippen MR) is 103 cm³/mol. The number of hydrogen-bond acceptors (Lipinski definition) is 1. The molecule has 0 spiro atoms. The second-order valence-corrected chi connectivity index (χ2v) is 10.5. The molecule has 0 aromatic rings. The molecule has 140 valence electrons. The molecule has 1 N–H and O–H groups in total. The Labute approximate surface area is 154 Å². The molecule has 2 heteroatoms. The van der Waals surface area contributed by atoms with Crippen LogP contribution >= 0.6 is 0 Å². The Morgan fingerprint density at radius 1 is 1.12 bits per heavy atom. The average Bonchev–Trinajstić information content (AvgIpc) is 2.96. The van der Waals surface area contributed by atoms with Crippen LogP contribution in [0.4, 0.5) is 0 Å². The third kappa shape index (κ3) is 2.53. The van der Waals surface area contributed by atoms with E-state index in [1.165, 1.54) is 57.1 Å². The van der Waals surface area contributed by atoms with Crippen molar-refractivity contribution in [1.82, 2.24) is 5.32 Å². The molecule has 1 aliphatic heterocycles. The monoisotopic (exact) mass is 343 g/mol. The molecule has 1 heterocycles. The number of amides is 1. The van der Waals surface area contributed by atoms with E-state index in [0.29, 0.717) is 11.8 Å². The molecule has 0 aromatic heterocycles. The lowest BCUT2D eigenvalue weighted by Gasteiger charge is -2.62. The lowest BCUT2D eigenvalue weighted by atomic mass is 9.44. The molecule has 3 fully saturated rings. The Morgan fingerprint density at radius 2 is 1.92 bits per heavy atom. The summed E-state index contributed by atoms with van der Waals surface area (Å²) >= 11 is 0. The van der Waals surface area contributed by atoms with Crippen molar-refractivity contribution in [3.63, 3.8) is 0 Å². The summed E-state index contributed by atoms with van der Waals surface area (Å²) in [6.45, 7) is 9.89. The Hall–Kier alpha value is -0.790. The van der Waals surface area contributed by atoms with Crippen LogP contribution in [0.25, 0.3) is 0 Å². The van der Waals surface area contributed by atoms with E-state index in [4.69, 9.17) is 0 Å². The highest BCUT2D eigenvalue weighted by atomic mass is 16.1. The van der Waals surface area contributed by atoms with Crippen LogP contribution in [0.3, 0.4) is 0 Å². The van der Waals surface area contributed by atoms with Crippen molar-refractivity contribution in [3.05, 3.63) is 11.8 Å². The summed E-state index contributed by atoms with van der Waals surface area (Å²) in [5, 5.41) is 3.31. The molecule has 0 aromatic carbocycles. The minimum Gasteiger partial charge on any atom is -0.330 e. The van der Waals surface area contributed by atoms with Crippen LogP contribution in [0.15, 0.2) is 11.8 Å². The van der Waals surface area contributed by atoms with Gasteiger partial charge in [-0.05, 0) is 67.1 Å². The van der Waals surface area contributed by atoms with Gasteiger partial charge >= 0.3 is 0 Å². The Kier molecular flexibility index (Phi) is 4.13. The number of nitrogens with one attached hydrogen (secondary N) is 1. The Balaban J connectivity index is 1.80. The van der Waals surface area contributed by atoms with Crippen LogP contribution in [0.1, 0.15) is 91.9 Å². The van der Waals surface area contributed by atoms with E-state index in [1.54, 1.807) is 0 Å². The standard InChI is InChI=1S/C23H37NO/c1-5-6-11-22(3)15-18-23(4,14-10-19(25)24-18)17-9-13-21(2)12-7-8-16(21)20(17)22/h15-17,20H,5-14H2,1-4H3,(H,24,25)/t16-,17+,20-,21-,22?,23+/m0/s1. The molecule has 4 aliphatic rings. The smallest absolute Gasteiger partial charge is 0.224 e. The maximum Gasteiger partial charge on any atom is 0.224 e. The van der Waals surface area contributed by atoms with Crippen molar-refractivity contribution in [1.29, 1.82) is 0 Å². The van der Waals surface area contributed by atoms with Gasteiger partial charge in [0, 0.05) is 17.5 Å². The lowest BCUT2D eigenvalue weighted by molar-refractivity contribution is -0.127. The maximum atomic E-state index is 12.1. The van der Waals surface area contributed by atoms with E-state index < -0.39 is 0 Å². The average molecular weight is 344 g/mol. The van der Waals surface area contributed by atoms with Gasteiger partial charge in [0.25, 0.3) is 0 Å². The van der Waals surface area contributed by atoms with E-state index in [0.717, 1.165) is 24.2 Å². The molecule has 2 saturated carbocycles.